The highest BCUT2D eigenvalue weighted by Gasteiger charge is 2.48. The van der Waals surface area contributed by atoms with E-state index in [1.807, 2.05) is 18.0 Å². The van der Waals surface area contributed by atoms with Crippen molar-refractivity contribution in [3.63, 3.8) is 0 Å². The van der Waals surface area contributed by atoms with Gasteiger partial charge in [0.2, 0.25) is 5.91 Å². The number of hydrogen-bond acceptors (Lipinski definition) is 4. The molecule has 2 aromatic rings. The number of nitrogens with one attached hydrogen (secondary N) is 1. The summed E-state index contributed by atoms with van der Waals surface area (Å²) < 4.78 is 1.73. The Bertz CT molecular complexity index is 918. The van der Waals surface area contributed by atoms with E-state index in [2.05, 4.69) is 10.4 Å². The number of carbonyl (C=O) groups is 3. The normalized spacial score (nSPS) is 22.1. The predicted molar refractivity (Wildman–Crippen MR) is 95.1 cm³/mol. The highest BCUT2D eigenvalue weighted by molar-refractivity contribution is 5.98. The number of nitrogens with zero attached hydrogens (tertiary/aromatic N) is 3. The van der Waals surface area contributed by atoms with E-state index in [1.165, 1.54) is 18.2 Å². The molecule has 140 valence electrons. The maximum Gasteiger partial charge on any atom is 0.335 e. The van der Waals surface area contributed by atoms with Gasteiger partial charge in [0.1, 0.15) is 0 Å². The molecule has 2 N–H and O–H groups in total. The number of carboxylic acid groups (broad SMARTS) is 1. The number of rotatable bonds is 5. The van der Waals surface area contributed by atoms with Crippen molar-refractivity contribution in [3.8, 4) is 0 Å². The van der Waals surface area contributed by atoms with Gasteiger partial charge in [-0.2, -0.15) is 5.10 Å². The molecule has 1 saturated heterocycles. The highest BCUT2D eigenvalue weighted by Crippen LogP contribution is 2.41. The Hall–Kier alpha value is -3.16. The quantitative estimate of drug-likeness (QED) is 0.829. The molecule has 1 aromatic carbocycles. The second-order valence-electron chi connectivity index (χ2n) is 7.03. The Balaban J connectivity index is 1.61. The van der Waals surface area contributed by atoms with Gasteiger partial charge in [-0.15, -0.1) is 0 Å². The minimum absolute atomic E-state index is 0.0216. The molecule has 8 heteroatoms. The van der Waals surface area contributed by atoms with Crippen LogP contribution in [0.3, 0.4) is 0 Å². The Morgan fingerprint density at radius 3 is 2.59 bits per heavy atom. The predicted octanol–water partition coefficient (Wildman–Crippen LogP) is 1.35. The van der Waals surface area contributed by atoms with Crippen LogP contribution in [-0.4, -0.2) is 49.7 Å². The van der Waals surface area contributed by atoms with Gasteiger partial charge in [0, 0.05) is 31.3 Å². The fraction of sp³-hybridized carbons (Fsp3) is 0.368. The summed E-state index contributed by atoms with van der Waals surface area (Å²) in [7, 11) is 1.82. The first-order valence-corrected chi connectivity index (χ1v) is 8.89. The van der Waals surface area contributed by atoms with E-state index in [4.69, 9.17) is 5.11 Å². The number of amides is 2. The minimum Gasteiger partial charge on any atom is -0.478 e. The summed E-state index contributed by atoms with van der Waals surface area (Å²) in [4.78, 5) is 38.3. The van der Waals surface area contributed by atoms with E-state index >= 15 is 0 Å². The molecular weight excluding hydrogens is 348 g/mol. The first kappa shape index (κ1) is 17.3. The maximum absolute atomic E-state index is 12.7. The number of carbonyl (C=O) groups excluding carboxylic acids is 2. The van der Waals surface area contributed by atoms with Crippen molar-refractivity contribution < 1.29 is 19.5 Å². The Labute approximate surface area is 155 Å². The van der Waals surface area contributed by atoms with Gasteiger partial charge in [-0.05, 0) is 37.1 Å². The van der Waals surface area contributed by atoms with Crippen molar-refractivity contribution in [2.75, 3.05) is 0 Å². The van der Waals surface area contributed by atoms with E-state index < -0.39 is 12.0 Å². The molecule has 1 aromatic heterocycles. The molecule has 2 aliphatic rings. The van der Waals surface area contributed by atoms with Crippen LogP contribution in [0.4, 0.5) is 0 Å². The van der Waals surface area contributed by atoms with E-state index in [0.29, 0.717) is 0 Å². The van der Waals surface area contributed by atoms with Crippen LogP contribution in [0.5, 0.6) is 0 Å². The second-order valence-corrected chi connectivity index (χ2v) is 7.03. The van der Waals surface area contributed by atoms with Crippen LogP contribution in [0.25, 0.3) is 0 Å². The monoisotopic (exact) mass is 368 g/mol. The molecule has 2 heterocycles. The molecule has 27 heavy (non-hydrogen) atoms. The van der Waals surface area contributed by atoms with Crippen LogP contribution in [0, 0.1) is 0 Å². The first-order valence-electron chi connectivity index (χ1n) is 8.89. The van der Waals surface area contributed by atoms with Crippen molar-refractivity contribution in [3.05, 3.63) is 53.3 Å². The Morgan fingerprint density at radius 2 is 1.96 bits per heavy atom. The molecule has 2 amide bonds. The van der Waals surface area contributed by atoms with E-state index in [-0.39, 0.29) is 41.4 Å². The molecular formula is C19H20N4O4. The Kier molecular flexibility index (Phi) is 4.18. The molecule has 4 rings (SSSR count). The molecule has 1 aliphatic heterocycles. The summed E-state index contributed by atoms with van der Waals surface area (Å²) in [6, 6.07) is 7.29. The third kappa shape index (κ3) is 3.18. The minimum atomic E-state index is -1.09. The zero-order chi connectivity index (χ0) is 19.1. The average molecular weight is 368 g/mol. The zero-order valence-corrected chi connectivity index (χ0v) is 14.8. The van der Waals surface area contributed by atoms with E-state index in [0.717, 1.165) is 18.5 Å². The van der Waals surface area contributed by atoms with Gasteiger partial charge in [0.15, 0.2) is 0 Å². The summed E-state index contributed by atoms with van der Waals surface area (Å²) in [5.74, 6) is -1.46. The van der Waals surface area contributed by atoms with Gasteiger partial charge < -0.3 is 15.3 Å². The van der Waals surface area contributed by atoms with Crippen LogP contribution < -0.4 is 5.32 Å². The van der Waals surface area contributed by atoms with Crippen LogP contribution in [0.1, 0.15) is 51.7 Å². The largest absolute Gasteiger partial charge is 0.478 e. The number of aromatic carboxylic acids is 1. The number of aromatic nitrogens is 2. The maximum atomic E-state index is 12.7. The summed E-state index contributed by atoms with van der Waals surface area (Å²) in [5, 5.41) is 16.3. The molecule has 0 bridgehead atoms. The highest BCUT2D eigenvalue weighted by atomic mass is 16.4. The number of benzene rings is 1. The van der Waals surface area contributed by atoms with Gasteiger partial charge in [0.05, 0.1) is 23.3 Å². The SMILES string of the molecule is Cn1nccc1[C@H]1[C@H](NC(=O)c2cccc(C(=O)O)c2)CC(=O)N1C1CC1. The van der Waals surface area contributed by atoms with Crippen molar-refractivity contribution in [1.29, 1.82) is 0 Å². The summed E-state index contributed by atoms with van der Waals surface area (Å²) in [5.41, 5.74) is 1.18. The smallest absolute Gasteiger partial charge is 0.335 e. The first-order chi connectivity index (χ1) is 13.0. The summed E-state index contributed by atoms with van der Waals surface area (Å²) >= 11 is 0. The topological polar surface area (TPSA) is 105 Å². The Morgan fingerprint density at radius 1 is 1.22 bits per heavy atom. The van der Waals surface area contributed by atoms with Crippen molar-refractivity contribution in [2.45, 2.75) is 37.4 Å². The number of aryl methyl sites for hydroxylation is 1. The fourth-order valence-electron chi connectivity index (χ4n) is 3.74. The van der Waals surface area contributed by atoms with E-state index in [9.17, 15) is 14.4 Å². The van der Waals surface area contributed by atoms with Crippen LogP contribution in [0.2, 0.25) is 0 Å². The third-order valence-electron chi connectivity index (χ3n) is 5.15. The van der Waals surface area contributed by atoms with E-state index in [1.54, 1.807) is 16.9 Å². The summed E-state index contributed by atoms with van der Waals surface area (Å²) in [6.45, 7) is 0. The van der Waals surface area contributed by atoms with Crippen LogP contribution >= 0.6 is 0 Å². The molecule has 1 saturated carbocycles. The second kappa shape index (κ2) is 6.53. The standard InChI is InChI=1S/C19H20N4O4/c1-22-15(7-8-20-22)17-14(10-16(24)23(17)13-5-6-13)21-18(25)11-3-2-4-12(9-11)19(26)27/h2-4,7-9,13-14,17H,5-6,10H2,1H3,(H,21,25)(H,26,27)/t14-,17-/m1/s1. The van der Waals surface area contributed by atoms with Crippen molar-refractivity contribution in [2.24, 2.45) is 7.05 Å². The molecule has 0 spiro atoms. The lowest BCUT2D eigenvalue weighted by atomic mass is 10.0. The lowest BCUT2D eigenvalue weighted by Crippen LogP contribution is -2.41. The van der Waals surface area contributed by atoms with Gasteiger partial charge in [0.25, 0.3) is 5.91 Å². The summed E-state index contributed by atoms with van der Waals surface area (Å²) in [6.07, 6.45) is 3.85. The van der Waals surface area contributed by atoms with Gasteiger partial charge >= 0.3 is 5.97 Å². The molecule has 0 radical (unpaired) electrons. The van der Waals surface area contributed by atoms with Gasteiger partial charge in [-0.25, -0.2) is 4.79 Å². The molecule has 1 aliphatic carbocycles. The molecule has 0 unspecified atom stereocenters. The number of likely N-dealkylation sites (tertiary alicyclic amines) is 1. The average Bonchev–Trinajstić information content (AvgIpc) is 3.31. The van der Waals surface area contributed by atoms with Crippen molar-refractivity contribution in [1.82, 2.24) is 20.0 Å². The molecule has 8 nitrogen and oxygen atoms in total. The fourth-order valence-corrected chi connectivity index (χ4v) is 3.74. The number of hydrogen-bond donors (Lipinski definition) is 2. The lowest BCUT2D eigenvalue weighted by Gasteiger charge is -2.28. The number of carboxylic acids is 1. The lowest BCUT2D eigenvalue weighted by molar-refractivity contribution is -0.129. The zero-order valence-electron chi connectivity index (χ0n) is 14.8. The third-order valence-corrected chi connectivity index (χ3v) is 5.15. The van der Waals surface area contributed by atoms with Gasteiger partial charge in [-0.1, -0.05) is 6.07 Å². The van der Waals surface area contributed by atoms with Crippen molar-refractivity contribution >= 4 is 17.8 Å². The van der Waals surface area contributed by atoms with Crippen LogP contribution in [0.15, 0.2) is 36.5 Å². The molecule has 2 atom stereocenters. The van der Waals surface area contributed by atoms with Crippen LogP contribution in [-0.2, 0) is 11.8 Å². The molecule has 2 fully saturated rings. The van der Waals surface area contributed by atoms with Gasteiger partial charge in [-0.3, -0.25) is 14.3 Å².